The minimum Gasteiger partial charge on any atom is -0.478 e. The van der Waals surface area contributed by atoms with E-state index in [-0.39, 0.29) is 16.9 Å². The number of amides is 1. The lowest BCUT2D eigenvalue weighted by Gasteiger charge is -2.25. The smallest absolute Gasteiger partial charge is 0.335 e. The molecule has 1 atom stereocenters. The SMILES string of the molecule is CC(C)(C)[C@@H](N)C(=O)NCCc1ccc(C(=O)O)cc1. The van der Waals surface area contributed by atoms with Gasteiger partial charge in [0, 0.05) is 6.54 Å². The molecule has 0 saturated heterocycles. The summed E-state index contributed by atoms with van der Waals surface area (Å²) in [6.07, 6.45) is 0.641. The second kappa shape index (κ2) is 6.52. The molecule has 1 amide bonds. The summed E-state index contributed by atoms with van der Waals surface area (Å²) in [7, 11) is 0. The molecule has 1 aromatic carbocycles. The Morgan fingerprint density at radius 3 is 2.25 bits per heavy atom. The molecule has 0 heterocycles. The molecule has 1 aromatic rings. The molecule has 0 aliphatic carbocycles. The molecule has 0 radical (unpaired) electrons. The van der Waals surface area contributed by atoms with Crippen LogP contribution >= 0.6 is 0 Å². The summed E-state index contributed by atoms with van der Waals surface area (Å²) >= 11 is 0. The molecule has 4 N–H and O–H groups in total. The first-order valence-corrected chi connectivity index (χ1v) is 6.57. The number of rotatable bonds is 5. The van der Waals surface area contributed by atoms with Gasteiger partial charge in [0.25, 0.3) is 0 Å². The summed E-state index contributed by atoms with van der Waals surface area (Å²) in [4.78, 5) is 22.5. The number of hydrogen-bond acceptors (Lipinski definition) is 3. The van der Waals surface area contributed by atoms with Crippen LogP contribution in [0, 0.1) is 5.41 Å². The molecule has 0 bridgehead atoms. The highest BCUT2D eigenvalue weighted by molar-refractivity contribution is 5.87. The predicted molar refractivity (Wildman–Crippen MR) is 77.5 cm³/mol. The van der Waals surface area contributed by atoms with Crippen molar-refractivity contribution in [2.45, 2.75) is 33.2 Å². The van der Waals surface area contributed by atoms with E-state index in [2.05, 4.69) is 5.32 Å². The van der Waals surface area contributed by atoms with E-state index in [9.17, 15) is 9.59 Å². The quantitative estimate of drug-likeness (QED) is 0.759. The van der Waals surface area contributed by atoms with Crippen molar-refractivity contribution in [3.8, 4) is 0 Å². The fourth-order valence-corrected chi connectivity index (χ4v) is 1.65. The fraction of sp³-hybridized carbons (Fsp3) is 0.467. The highest BCUT2D eigenvalue weighted by atomic mass is 16.4. The summed E-state index contributed by atoms with van der Waals surface area (Å²) in [6, 6.07) is 6.07. The highest BCUT2D eigenvalue weighted by Crippen LogP contribution is 2.17. The molecular formula is C15H22N2O3. The van der Waals surface area contributed by atoms with E-state index in [0.29, 0.717) is 13.0 Å². The highest BCUT2D eigenvalue weighted by Gasteiger charge is 2.26. The van der Waals surface area contributed by atoms with Crippen LogP contribution in [0.4, 0.5) is 0 Å². The zero-order chi connectivity index (χ0) is 15.3. The van der Waals surface area contributed by atoms with Crippen molar-refractivity contribution in [3.63, 3.8) is 0 Å². The molecule has 110 valence electrons. The number of carboxylic acids is 1. The first-order chi connectivity index (χ1) is 9.21. The van der Waals surface area contributed by atoms with Gasteiger partial charge in [0.1, 0.15) is 0 Å². The van der Waals surface area contributed by atoms with E-state index < -0.39 is 12.0 Å². The molecule has 0 aliphatic rings. The minimum atomic E-state index is -0.944. The van der Waals surface area contributed by atoms with Gasteiger partial charge in [-0.3, -0.25) is 4.79 Å². The Hall–Kier alpha value is -1.88. The number of carboxylic acid groups (broad SMARTS) is 1. The first kappa shape index (κ1) is 16.2. The lowest BCUT2D eigenvalue weighted by Crippen LogP contribution is -2.48. The van der Waals surface area contributed by atoms with E-state index >= 15 is 0 Å². The van der Waals surface area contributed by atoms with Crippen LogP contribution in [0.25, 0.3) is 0 Å². The van der Waals surface area contributed by atoms with Crippen LogP contribution in [-0.4, -0.2) is 29.6 Å². The third-order valence-corrected chi connectivity index (χ3v) is 3.13. The Kier molecular flexibility index (Phi) is 5.27. The second-order valence-corrected chi connectivity index (χ2v) is 5.89. The molecule has 20 heavy (non-hydrogen) atoms. The number of nitrogens with two attached hydrogens (primary N) is 1. The Morgan fingerprint density at radius 1 is 1.25 bits per heavy atom. The van der Waals surface area contributed by atoms with Crippen molar-refractivity contribution in [3.05, 3.63) is 35.4 Å². The van der Waals surface area contributed by atoms with Gasteiger partial charge >= 0.3 is 5.97 Å². The maximum Gasteiger partial charge on any atom is 0.335 e. The van der Waals surface area contributed by atoms with Gasteiger partial charge in [-0.2, -0.15) is 0 Å². The van der Waals surface area contributed by atoms with Crippen LogP contribution in [0.15, 0.2) is 24.3 Å². The normalized spacial score (nSPS) is 12.8. The summed E-state index contributed by atoms with van der Waals surface area (Å²) in [5.74, 6) is -1.11. The standard InChI is InChI=1S/C15H22N2O3/c1-15(2,3)12(16)13(18)17-9-8-10-4-6-11(7-5-10)14(19)20/h4-7,12H,8-9,16H2,1-3H3,(H,17,18)(H,19,20)/t12-/m0/s1. The summed E-state index contributed by atoms with van der Waals surface area (Å²) in [5.41, 5.74) is 6.81. The predicted octanol–water partition coefficient (Wildman–Crippen LogP) is 1.42. The van der Waals surface area contributed by atoms with Crippen molar-refractivity contribution in [1.29, 1.82) is 0 Å². The number of hydrogen-bond donors (Lipinski definition) is 3. The van der Waals surface area contributed by atoms with Crippen LogP contribution < -0.4 is 11.1 Å². The zero-order valence-corrected chi connectivity index (χ0v) is 12.1. The molecular weight excluding hydrogens is 256 g/mol. The van der Waals surface area contributed by atoms with Gasteiger partial charge < -0.3 is 16.2 Å². The lowest BCUT2D eigenvalue weighted by atomic mass is 9.87. The zero-order valence-electron chi connectivity index (χ0n) is 12.1. The monoisotopic (exact) mass is 278 g/mol. The average molecular weight is 278 g/mol. The van der Waals surface area contributed by atoms with Crippen LogP contribution in [0.1, 0.15) is 36.7 Å². The van der Waals surface area contributed by atoms with Crippen molar-refractivity contribution in [1.82, 2.24) is 5.32 Å². The maximum atomic E-state index is 11.8. The van der Waals surface area contributed by atoms with Crippen LogP contribution in [0.5, 0.6) is 0 Å². The molecule has 0 aliphatic heterocycles. The van der Waals surface area contributed by atoms with Crippen LogP contribution in [-0.2, 0) is 11.2 Å². The number of nitrogens with one attached hydrogen (secondary N) is 1. The van der Waals surface area contributed by atoms with Gasteiger partial charge in [-0.05, 0) is 29.5 Å². The molecule has 0 spiro atoms. The summed E-state index contributed by atoms with van der Waals surface area (Å²) < 4.78 is 0. The second-order valence-electron chi connectivity index (χ2n) is 5.89. The van der Waals surface area contributed by atoms with Gasteiger partial charge in [-0.25, -0.2) is 4.79 Å². The third-order valence-electron chi connectivity index (χ3n) is 3.13. The molecule has 0 unspecified atom stereocenters. The van der Waals surface area contributed by atoms with Gasteiger partial charge in [0.15, 0.2) is 0 Å². The van der Waals surface area contributed by atoms with Crippen LogP contribution in [0.3, 0.4) is 0 Å². The topological polar surface area (TPSA) is 92.4 Å². The number of carbonyl (C=O) groups excluding carboxylic acids is 1. The number of carbonyl (C=O) groups is 2. The Morgan fingerprint density at radius 2 is 1.80 bits per heavy atom. The first-order valence-electron chi connectivity index (χ1n) is 6.57. The van der Waals surface area contributed by atoms with Crippen molar-refractivity contribution < 1.29 is 14.7 Å². The number of benzene rings is 1. The van der Waals surface area contributed by atoms with E-state index in [0.717, 1.165) is 5.56 Å². The lowest BCUT2D eigenvalue weighted by molar-refractivity contribution is -0.124. The molecule has 5 nitrogen and oxygen atoms in total. The van der Waals surface area contributed by atoms with Crippen LogP contribution in [0.2, 0.25) is 0 Å². The molecule has 0 fully saturated rings. The van der Waals surface area contributed by atoms with Crippen molar-refractivity contribution in [2.75, 3.05) is 6.54 Å². The molecule has 0 aromatic heterocycles. The summed E-state index contributed by atoms with van der Waals surface area (Å²) in [6.45, 7) is 6.24. The third kappa shape index (κ3) is 4.66. The summed E-state index contributed by atoms with van der Waals surface area (Å²) in [5, 5.41) is 11.6. The van der Waals surface area contributed by atoms with Crippen molar-refractivity contribution in [2.24, 2.45) is 11.1 Å². The van der Waals surface area contributed by atoms with E-state index in [1.165, 1.54) is 0 Å². The van der Waals surface area contributed by atoms with Gasteiger partial charge in [0.2, 0.25) is 5.91 Å². The molecule has 5 heteroatoms. The van der Waals surface area contributed by atoms with E-state index in [1.54, 1.807) is 24.3 Å². The molecule has 1 rings (SSSR count). The van der Waals surface area contributed by atoms with Gasteiger partial charge in [0.05, 0.1) is 11.6 Å². The van der Waals surface area contributed by atoms with Crippen molar-refractivity contribution >= 4 is 11.9 Å². The fourth-order valence-electron chi connectivity index (χ4n) is 1.65. The largest absolute Gasteiger partial charge is 0.478 e. The Labute approximate surface area is 119 Å². The number of aromatic carboxylic acids is 1. The van der Waals surface area contributed by atoms with Gasteiger partial charge in [-0.1, -0.05) is 32.9 Å². The minimum absolute atomic E-state index is 0.167. The molecule has 0 saturated carbocycles. The van der Waals surface area contributed by atoms with E-state index in [1.807, 2.05) is 20.8 Å². The van der Waals surface area contributed by atoms with Gasteiger partial charge in [-0.15, -0.1) is 0 Å². The Balaban J connectivity index is 2.45. The van der Waals surface area contributed by atoms with E-state index in [4.69, 9.17) is 10.8 Å². The Bertz CT molecular complexity index is 475. The average Bonchev–Trinajstić information content (AvgIpc) is 2.37. The maximum absolute atomic E-state index is 11.8.